The molecule has 0 aliphatic rings. The van der Waals surface area contributed by atoms with Crippen molar-refractivity contribution in [3.8, 4) is 0 Å². The predicted molar refractivity (Wildman–Crippen MR) is 69.5 cm³/mol. The highest BCUT2D eigenvalue weighted by Crippen LogP contribution is 2.23. The third-order valence-corrected chi connectivity index (χ3v) is 2.48. The molecule has 1 heterocycles. The minimum absolute atomic E-state index is 0.135. The minimum atomic E-state index is -0.135. The Hall–Kier alpha value is -2.23. The summed E-state index contributed by atoms with van der Waals surface area (Å²) < 4.78 is 0. The van der Waals surface area contributed by atoms with Crippen LogP contribution in [-0.4, -0.2) is 25.0 Å². The Kier molecular flexibility index (Phi) is 3.14. The summed E-state index contributed by atoms with van der Waals surface area (Å²) in [5, 5.41) is 2.88. The molecule has 2 rings (SSSR count). The number of aromatic nitrogens is 1. The lowest BCUT2D eigenvalue weighted by molar-refractivity contribution is 0.102. The second kappa shape index (κ2) is 4.74. The van der Waals surface area contributed by atoms with Crippen molar-refractivity contribution in [3.63, 3.8) is 0 Å². The molecule has 0 aliphatic carbocycles. The lowest BCUT2D eigenvalue weighted by Crippen LogP contribution is -2.16. The van der Waals surface area contributed by atoms with E-state index in [1.807, 2.05) is 43.3 Å². The fourth-order valence-electron chi connectivity index (χ4n) is 1.63. The molecule has 0 bridgehead atoms. The van der Waals surface area contributed by atoms with E-state index in [9.17, 15) is 4.79 Å². The van der Waals surface area contributed by atoms with Crippen molar-refractivity contribution in [2.45, 2.75) is 0 Å². The minimum Gasteiger partial charge on any atom is -0.376 e. The van der Waals surface area contributed by atoms with Gasteiger partial charge in [0, 0.05) is 20.3 Å². The predicted octanol–water partition coefficient (Wildman–Crippen LogP) is 2.33. The first-order chi connectivity index (χ1) is 8.18. The van der Waals surface area contributed by atoms with Gasteiger partial charge in [-0.2, -0.15) is 0 Å². The first-order valence-corrected chi connectivity index (χ1v) is 5.39. The zero-order chi connectivity index (χ0) is 12.3. The van der Waals surface area contributed by atoms with Crippen LogP contribution >= 0.6 is 0 Å². The summed E-state index contributed by atoms with van der Waals surface area (Å²) in [6.07, 6.45) is 1.73. The summed E-state index contributed by atoms with van der Waals surface area (Å²) in [4.78, 5) is 16.7. The van der Waals surface area contributed by atoms with Gasteiger partial charge in [0.25, 0.3) is 5.91 Å². The summed E-state index contributed by atoms with van der Waals surface area (Å²) in [6.45, 7) is 0. The SMILES string of the molecule is CN(C)c1ccccc1NC(=O)c1ccc[nH]1. The van der Waals surface area contributed by atoms with E-state index in [1.54, 1.807) is 18.3 Å². The number of anilines is 2. The number of rotatable bonds is 3. The quantitative estimate of drug-likeness (QED) is 0.848. The number of hydrogen-bond donors (Lipinski definition) is 2. The third-order valence-electron chi connectivity index (χ3n) is 2.48. The second-order valence-electron chi connectivity index (χ2n) is 3.95. The van der Waals surface area contributed by atoms with Crippen molar-refractivity contribution >= 4 is 17.3 Å². The number of aromatic amines is 1. The van der Waals surface area contributed by atoms with Crippen molar-refractivity contribution in [1.82, 2.24) is 4.98 Å². The molecule has 0 saturated carbocycles. The molecule has 17 heavy (non-hydrogen) atoms. The number of H-pyrrole nitrogens is 1. The number of para-hydroxylation sites is 2. The lowest BCUT2D eigenvalue weighted by atomic mass is 10.2. The van der Waals surface area contributed by atoms with Crippen LogP contribution in [0.3, 0.4) is 0 Å². The van der Waals surface area contributed by atoms with Gasteiger partial charge in [0.1, 0.15) is 5.69 Å². The van der Waals surface area contributed by atoms with Crippen molar-refractivity contribution < 1.29 is 4.79 Å². The number of nitrogens with one attached hydrogen (secondary N) is 2. The molecule has 4 heteroatoms. The Balaban J connectivity index is 2.22. The largest absolute Gasteiger partial charge is 0.376 e. The van der Waals surface area contributed by atoms with E-state index in [0.717, 1.165) is 11.4 Å². The van der Waals surface area contributed by atoms with E-state index in [4.69, 9.17) is 0 Å². The molecular formula is C13H15N3O. The van der Waals surface area contributed by atoms with Crippen LogP contribution in [0.15, 0.2) is 42.6 Å². The van der Waals surface area contributed by atoms with Crippen LogP contribution in [0.4, 0.5) is 11.4 Å². The fourth-order valence-corrected chi connectivity index (χ4v) is 1.63. The molecule has 2 N–H and O–H groups in total. The number of carbonyl (C=O) groups is 1. The zero-order valence-corrected chi connectivity index (χ0v) is 9.90. The fraction of sp³-hybridized carbons (Fsp3) is 0.154. The van der Waals surface area contributed by atoms with Crippen LogP contribution in [-0.2, 0) is 0 Å². The summed E-state index contributed by atoms with van der Waals surface area (Å²) in [6, 6.07) is 11.2. The third kappa shape index (κ3) is 2.47. The standard InChI is InChI=1S/C13H15N3O/c1-16(2)12-8-4-3-6-10(12)15-13(17)11-7-5-9-14-11/h3-9,14H,1-2H3,(H,15,17). The molecule has 1 amide bonds. The van der Waals surface area contributed by atoms with Crippen LogP contribution in [0.5, 0.6) is 0 Å². The van der Waals surface area contributed by atoms with Gasteiger partial charge in [0.2, 0.25) is 0 Å². The maximum atomic E-state index is 11.9. The van der Waals surface area contributed by atoms with Gasteiger partial charge < -0.3 is 15.2 Å². The monoisotopic (exact) mass is 229 g/mol. The van der Waals surface area contributed by atoms with Gasteiger partial charge in [-0.3, -0.25) is 4.79 Å². The molecule has 0 aliphatic heterocycles. The molecule has 88 valence electrons. The van der Waals surface area contributed by atoms with E-state index >= 15 is 0 Å². The highest BCUT2D eigenvalue weighted by atomic mass is 16.1. The molecule has 0 spiro atoms. The maximum Gasteiger partial charge on any atom is 0.272 e. The van der Waals surface area contributed by atoms with E-state index in [2.05, 4.69) is 10.3 Å². The molecule has 0 atom stereocenters. The number of nitrogens with zero attached hydrogens (tertiary/aromatic N) is 1. The summed E-state index contributed by atoms with van der Waals surface area (Å²) in [7, 11) is 3.89. The Morgan fingerprint density at radius 3 is 2.59 bits per heavy atom. The molecular weight excluding hydrogens is 214 g/mol. The second-order valence-corrected chi connectivity index (χ2v) is 3.95. The molecule has 0 radical (unpaired) electrons. The van der Waals surface area contributed by atoms with Crippen molar-refractivity contribution in [2.24, 2.45) is 0 Å². The number of carbonyl (C=O) groups excluding carboxylic acids is 1. The zero-order valence-electron chi connectivity index (χ0n) is 9.90. The molecule has 0 unspecified atom stereocenters. The average molecular weight is 229 g/mol. The maximum absolute atomic E-state index is 11.9. The van der Waals surface area contributed by atoms with Crippen LogP contribution in [0.2, 0.25) is 0 Å². The van der Waals surface area contributed by atoms with Crippen LogP contribution < -0.4 is 10.2 Å². The van der Waals surface area contributed by atoms with E-state index in [0.29, 0.717) is 5.69 Å². The molecule has 1 aromatic carbocycles. The van der Waals surface area contributed by atoms with Gasteiger partial charge in [0.15, 0.2) is 0 Å². The Labute approximate surface area is 100 Å². The van der Waals surface area contributed by atoms with Gasteiger partial charge in [0.05, 0.1) is 11.4 Å². The number of hydrogen-bond acceptors (Lipinski definition) is 2. The van der Waals surface area contributed by atoms with Gasteiger partial charge in [-0.15, -0.1) is 0 Å². The van der Waals surface area contributed by atoms with Crippen molar-refractivity contribution in [2.75, 3.05) is 24.3 Å². The van der Waals surface area contributed by atoms with E-state index in [1.165, 1.54) is 0 Å². The van der Waals surface area contributed by atoms with E-state index in [-0.39, 0.29) is 5.91 Å². The summed E-state index contributed by atoms with van der Waals surface area (Å²) >= 11 is 0. The van der Waals surface area contributed by atoms with E-state index < -0.39 is 0 Å². The highest BCUT2D eigenvalue weighted by molar-refractivity contribution is 6.04. The van der Waals surface area contributed by atoms with Crippen molar-refractivity contribution in [3.05, 3.63) is 48.3 Å². The molecule has 0 fully saturated rings. The first-order valence-electron chi connectivity index (χ1n) is 5.39. The first kappa shape index (κ1) is 11.3. The molecule has 2 aromatic rings. The molecule has 4 nitrogen and oxygen atoms in total. The average Bonchev–Trinajstić information content (AvgIpc) is 2.83. The Bertz CT molecular complexity index is 503. The Morgan fingerprint density at radius 1 is 1.18 bits per heavy atom. The Morgan fingerprint density at radius 2 is 1.94 bits per heavy atom. The smallest absolute Gasteiger partial charge is 0.272 e. The van der Waals surface area contributed by atoms with Crippen LogP contribution in [0.1, 0.15) is 10.5 Å². The summed E-state index contributed by atoms with van der Waals surface area (Å²) in [5.74, 6) is -0.135. The van der Waals surface area contributed by atoms with Crippen molar-refractivity contribution in [1.29, 1.82) is 0 Å². The summed E-state index contributed by atoms with van der Waals surface area (Å²) in [5.41, 5.74) is 2.34. The molecule has 1 aromatic heterocycles. The number of benzene rings is 1. The normalized spacial score (nSPS) is 10.0. The lowest BCUT2D eigenvalue weighted by Gasteiger charge is -2.17. The van der Waals surface area contributed by atoms with Crippen LogP contribution in [0, 0.1) is 0 Å². The molecule has 0 saturated heterocycles. The van der Waals surface area contributed by atoms with Crippen LogP contribution in [0.25, 0.3) is 0 Å². The van der Waals surface area contributed by atoms with Gasteiger partial charge in [-0.1, -0.05) is 12.1 Å². The van der Waals surface area contributed by atoms with Gasteiger partial charge >= 0.3 is 0 Å². The number of amides is 1. The van der Waals surface area contributed by atoms with Gasteiger partial charge in [-0.05, 0) is 24.3 Å². The van der Waals surface area contributed by atoms with Gasteiger partial charge in [-0.25, -0.2) is 0 Å². The highest BCUT2D eigenvalue weighted by Gasteiger charge is 2.09. The topological polar surface area (TPSA) is 48.1 Å².